The quantitative estimate of drug-likeness (QED) is 0.613. The molecule has 0 unspecified atom stereocenters. The van der Waals surface area contributed by atoms with Crippen molar-refractivity contribution in [3.8, 4) is 11.5 Å². The van der Waals surface area contributed by atoms with Crippen LogP contribution in [0.15, 0.2) is 12.1 Å². The molecule has 0 saturated heterocycles. The lowest BCUT2D eigenvalue weighted by Gasteiger charge is -2.29. The van der Waals surface area contributed by atoms with Crippen molar-refractivity contribution in [2.75, 3.05) is 13.7 Å². The van der Waals surface area contributed by atoms with E-state index in [9.17, 15) is 14.6 Å². The zero-order valence-corrected chi connectivity index (χ0v) is 13.4. The van der Waals surface area contributed by atoms with Crippen molar-refractivity contribution in [1.29, 1.82) is 0 Å². The Morgan fingerprint density at radius 3 is 2.78 bits per heavy atom. The van der Waals surface area contributed by atoms with E-state index < -0.39 is 19.0 Å². The maximum atomic E-state index is 12.2. The maximum Gasteiger partial charge on any atom is 0.547 e. The molecule has 1 aromatic carbocycles. The molecular formula is C15H20BNO6. The second-order valence-corrected chi connectivity index (χ2v) is 5.09. The van der Waals surface area contributed by atoms with Gasteiger partial charge in [0.1, 0.15) is 17.1 Å². The molecule has 7 nitrogen and oxygen atoms in total. The lowest BCUT2D eigenvalue weighted by molar-refractivity contribution is -0.121. The van der Waals surface area contributed by atoms with Crippen LogP contribution >= 0.6 is 0 Å². The first-order valence-corrected chi connectivity index (χ1v) is 7.52. The largest absolute Gasteiger partial charge is 0.547 e. The molecule has 2 rings (SSSR count). The van der Waals surface area contributed by atoms with Crippen LogP contribution in [0.5, 0.6) is 11.5 Å². The monoisotopic (exact) mass is 321 g/mol. The van der Waals surface area contributed by atoms with Gasteiger partial charge in [-0.25, -0.2) is 4.79 Å². The van der Waals surface area contributed by atoms with E-state index in [-0.39, 0.29) is 23.8 Å². The van der Waals surface area contributed by atoms with Crippen LogP contribution in [0.2, 0.25) is 0 Å². The van der Waals surface area contributed by atoms with E-state index in [0.29, 0.717) is 24.2 Å². The van der Waals surface area contributed by atoms with Crippen LogP contribution < -0.4 is 14.7 Å². The molecule has 1 amide bonds. The molecule has 0 bridgehead atoms. The number of benzene rings is 1. The Balaban J connectivity index is 2.37. The van der Waals surface area contributed by atoms with Crippen molar-refractivity contribution < 1.29 is 28.7 Å². The molecule has 1 heterocycles. The SMILES string of the molecule is CCOC(=O)c1c(OC)ccc2c1OB(O)[C@@H](NC(=O)CC)C2. The first-order chi connectivity index (χ1) is 11.0. The van der Waals surface area contributed by atoms with E-state index in [0.717, 1.165) is 0 Å². The number of rotatable bonds is 5. The van der Waals surface area contributed by atoms with E-state index in [1.807, 2.05) is 0 Å². The van der Waals surface area contributed by atoms with Gasteiger partial charge in [0.25, 0.3) is 0 Å². The summed E-state index contributed by atoms with van der Waals surface area (Å²) in [5.41, 5.74) is 0.840. The van der Waals surface area contributed by atoms with Crippen LogP contribution in [0.25, 0.3) is 0 Å². The summed E-state index contributed by atoms with van der Waals surface area (Å²) >= 11 is 0. The van der Waals surface area contributed by atoms with Crippen molar-refractivity contribution in [3.05, 3.63) is 23.3 Å². The normalized spacial score (nSPS) is 16.2. The van der Waals surface area contributed by atoms with Crippen LogP contribution in [0.4, 0.5) is 0 Å². The Morgan fingerprint density at radius 1 is 1.43 bits per heavy atom. The molecule has 2 N–H and O–H groups in total. The van der Waals surface area contributed by atoms with E-state index in [4.69, 9.17) is 14.1 Å². The minimum Gasteiger partial charge on any atom is -0.534 e. The molecule has 1 aliphatic heterocycles. The third-order valence-corrected chi connectivity index (χ3v) is 3.59. The highest BCUT2D eigenvalue weighted by molar-refractivity contribution is 6.47. The summed E-state index contributed by atoms with van der Waals surface area (Å²) in [4.78, 5) is 23.7. The van der Waals surface area contributed by atoms with Gasteiger partial charge in [-0.3, -0.25) is 4.79 Å². The van der Waals surface area contributed by atoms with Gasteiger partial charge in [-0.2, -0.15) is 0 Å². The summed E-state index contributed by atoms with van der Waals surface area (Å²) in [7, 11) is 0.187. The topological polar surface area (TPSA) is 94.1 Å². The third-order valence-electron chi connectivity index (χ3n) is 3.59. The second-order valence-electron chi connectivity index (χ2n) is 5.09. The number of hydrogen-bond donors (Lipinski definition) is 2. The number of ether oxygens (including phenoxy) is 2. The Morgan fingerprint density at radius 2 is 2.17 bits per heavy atom. The third kappa shape index (κ3) is 3.58. The number of amides is 1. The van der Waals surface area contributed by atoms with Crippen molar-refractivity contribution in [3.63, 3.8) is 0 Å². The first kappa shape index (κ1) is 17.1. The Bertz CT molecular complexity index is 606. The fourth-order valence-corrected chi connectivity index (χ4v) is 2.44. The van der Waals surface area contributed by atoms with Gasteiger partial charge in [0, 0.05) is 6.42 Å². The molecule has 8 heteroatoms. The molecule has 1 aromatic rings. The molecular weight excluding hydrogens is 301 g/mol. The first-order valence-electron chi connectivity index (χ1n) is 7.52. The lowest BCUT2D eigenvalue weighted by Crippen LogP contribution is -2.53. The molecule has 0 radical (unpaired) electrons. The molecule has 23 heavy (non-hydrogen) atoms. The summed E-state index contributed by atoms with van der Waals surface area (Å²) < 4.78 is 15.7. The highest BCUT2D eigenvalue weighted by Gasteiger charge is 2.38. The van der Waals surface area contributed by atoms with Gasteiger partial charge in [-0.05, 0) is 25.0 Å². The van der Waals surface area contributed by atoms with Crippen LogP contribution in [0.1, 0.15) is 36.2 Å². The summed E-state index contributed by atoms with van der Waals surface area (Å²) in [6.07, 6.45) is 0.658. The second kappa shape index (κ2) is 7.37. The smallest absolute Gasteiger partial charge is 0.534 e. The average molecular weight is 321 g/mol. The van der Waals surface area contributed by atoms with Crippen molar-refractivity contribution >= 4 is 19.0 Å². The van der Waals surface area contributed by atoms with Gasteiger partial charge in [0.15, 0.2) is 0 Å². The minimum atomic E-state index is -1.25. The van der Waals surface area contributed by atoms with Gasteiger partial charge in [-0.15, -0.1) is 0 Å². The van der Waals surface area contributed by atoms with E-state index in [1.54, 1.807) is 26.0 Å². The molecule has 0 spiro atoms. The fourth-order valence-electron chi connectivity index (χ4n) is 2.44. The highest BCUT2D eigenvalue weighted by atomic mass is 16.5. The van der Waals surface area contributed by atoms with E-state index in [2.05, 4.69) is 5.32 Å². The number of hydrogen-bond acceptors (Lipinski definition) is 6. The average Bonchev–Trinajstić information content (AvgIpc) is 2.54. The van der Waals surface area contributed by atoms with E-state index >= 15 is 0 Å². The van der Waals surface area contributed by atoms with Gasteiger partial charge in [-0.1, -0.05) is 13.0 Å². The Hall–Kier alpha value is -2.22. The molecule has 124 valence electrons. The van der Waals surface area contributed by atoms with Crippen molar-refractivity contribution in [2.24, 2.45) is 0 Å². The maximum absolute atomic E-state index is 12.2. The minimum absolute atomic E-state index is 0.145. The zero-order chi connectivity index (χ0) is 17.0. The molecule has 1 aliphatic rings. The van der Waals surface area contributed by atoms with Crippen LogP contribution in [-0.4, -0.2) is 43.7 Å². The predicted octanol–water partition coefficient (Wildman–Crippen LogP) is 0.721. The zero-order valence-electron chi connectivity index (χ0n) is 13.4. The Labute approximate surface area is 135 Å². The predicted molar refractivity (Wildman–Crippen MR) is 83.5 cm³/mol. The molecule has 0 aromatic heterocycles. The highest BCUT2D eigenvalue weighted by Crippen LogP contribution is 2.36. The number of carbonyl (C=O) groups excluding carboxylic acids is 2. The Kier molecular flexibility index (Phi) is 5.49. The lowest BCUT2D eigenvalue weighted by atomic mass is 9.72. The van der Waals surface area contributed by atoms with Crippen LogP contribution in [0, 0.1) is 0 Å². The summed E-state index contributed by atoms with van der Waals surface area (Å²) in [5, 5.41) is 12.8. The fraction of sp³-hybridized carbons (Fsp3) is 0.467. The summed E-state index contributed by atoms with van der Waals surface area (Å²) in [5.74, 6) is -0.786. The number of fused-ring (bicyclic) bond motifs is 1. The van der Waals surface area contributed by atoms with Crippen molar-refractivity contribution in [2.45, 2.75) is 32.6 Å². The van der Waals surface area contributed by atoms with Gasteiger partial charge in [0.05, 0.1) is 19.7 Å². The molecule has 0 fully saturated rings. The van der Waals surface area contributed by atoms with Crippen LogP contribution in [-0.2, 0) is 16.0 Å². The molecule has 0 aliphatic carbocycles. The van der Waals surface area contributed by atoms with Gasteiger partial charge < -0.3 is 24.5 Å². The molecule has 0 saturated carbocycles. The van der Waals surface area contributed by atoms with E-state index in [1.165, 1.54) is 7.11 Å². The number of carbonyl (C=O) groups is 2. The van der Waals surface area contributed by atoms with Gasteiger partial charge >= 0.3 is 13.1 Å². The van der Waals surface area contributed by atoms with Crippen molar-refractivity contribution in [1.82, 2.24) is 5.32 Å². The van der Waals surface area contributed by atoms with Crippen LogP contribution in [0.3, 0.4) is 0 Å². The summed E-state index contributed by atoms with van der Waals surface area (Å²) in [6, 6.07) is 3.39. The number of nitrogens with one attached hydrogen (secondary N) is 1. The van der Waals surface area contributed by atoms with Gasteiger partial charge in [0.2, 0.25) is 5.91 Å². The number of esters is 1. The molecule has 1 atom stereocenters. The summed E-state index contributed by atoms with van der Waals surface area (Å²) in [6.45, 7) is 3.64. The number of methoxy groups -OCH3 is 1. The standard InChI is InChI=1S/C15H20BNO6/c1-4-12(18)17-11-8-9-6-7-10(21-3)13(15(19)22-5-2)14(9)23-16(11)20/h6-7,11,20H,4-5,8H2,1-3H3,(H,17,18)/t11-/m0/s1.